The molecule has 9 nitrogen and oxygen atoms in total. The molecular weight excluding hydrogens is 520 g/mol. The number of ketones is 1. The second-order valence-electron chi connectivity index (χ2n) is 9.69. The number of benzene rings is 3. The van der Waals surface area contributed by atoms with E-state index in [0.29, 0.717) is 29.3 Å². The van der Waals surface area contributed by atoms with E-state index in [4.69, 9.17) is 14.2 Å². The van der Waals surface area contributed by atoms with E-state index >= 15 is 0 Å². The number of methoxy groups -OCH3 is 1. The normalized spacial score (nSPS) is 13.3. The second kappa shape index (κ2) is 12.2. The van der Waals surface area contributed by atoms with Gasteiger partial charge in [-0.1, -0.05) is 0 Å². The lowest BCUT2D eigenvalue weighted by atomic mass is 10.1. The van der Waals surface area contributed by atoms with Crippen LogP contribution in [0, 0.1) is 6.92 Å². The molecule has 0 unspecified atom stereocenters. The van der Waals surface area contributed by atoms with E-state index in [2.05, 4.69) is 27.4 Å². The summed E-state index contributed by atoms with van der Waals surface area (Å²) in [5.41, 5.74) is 4.49. The van der Waals surface area contributed by atoms with Crippen LogP contribution in [0.5, 0.6) is 17.2 Å². The summed E-state index contributed by atoms with van der Waals surface area (Å²) in [6, 6.07) is 17.7. The summed E-state index contributed by atoms with van der Waals surface area (Å²) in [5, 5.41) is 9.65. The third kappa shape index (κ3) is 5.90. The van der Waals surface area contributed by atoms with Crippen LogP contribution in [-0.2, 0) is 6.54 Å². The maximum absolute atomic E-state index is 13.4. The molecule has 212 valence electrons. The second-order valence-corrected chi connectivity index (χ2v) is 9.69. The third-order valence-corrected chi connectivity index (χ3v) is 7.05. The van der Waals surface area contributed by atoms with Gasteiger partial charge in [-0.15, -0.1) is 0 Å². The van der Waals surface area contributed by atoms with Crippen LogP contribution in [-0.4, -0.2) is 43.7 Å². The minimum Gasteiger partial charge on any atom is -0.497 e. The fraction of sp³-hybridized carbons (Fsp3) is 0.250. The Balaban J connectivity index is 1.28. The molecule has 1 aliphatic heterocycles. The Bertz CT molecular complexity index is 1620. The van der Waals surface area contributed by atoms with Crippen molar-refractivity contribution in [2.45, 2.75) is 26.8 Å². The van der Waals surface area contributed by atoms with Crippen LogP contribution in [0.4, 0.5) is 16.2 Å². The average Bonchev–Trinajstić information content (AvgIpc) is 3.43. The summed E-state index contributed by atoms with van der Waals surface area (Å²) >= 11 is 0. The molecule has 0 saturated carbocycles. The van der Waals surface area contributed by atoms with Crippen molar-refractivity contribution in [1.82, 2.24) is 9.88 Å². The van der Waals surface area contributed by atoms with Crippen LogP contribution in [0.2, 0.25) is 0 Å². The van der Waals surface area contributed by atoms with Gasteiger partial charge in [-0.3, -0.25) is 4.79 Å². The van der Waals surface area contributed by atoms with E-state index in [1.165, 1.54) is 0 Å². The number of rotatable bonds is 10. The predicted molar refractivity (Wildman–Crippen MR) is 161 cm³/mol. The SMILES string of the molecule is CCn1c(C)c(/C=C2\Oc3ccc(NC(=O)Nc4ccc(OCCCNC)cc4)cc3C2=O)c2cc(OC)ccc21. The van der Waals surface area contributed by atoms with E-state index < -0.39 is 6.03 Å². The Morgan fingerprint density at radius 3 is 2.46 bits per heavy atom. The van der Waals surface area contributed by atoms with Gasteiger partial charge < -0.3 is 34.7 Å². The number of nitrogens with zero attached hydrogens (tertiary/aromatic N) is 1. The zero-order valence-corrected chi connectivity index (χ0v) is 23.7. The Morgan fingerprint density at radius 1 is 1.00 bits per heavy atom. The van der Waals surface area contributed by atoms with Crippen molar-refractivity contribution in [2.75, 3.05) is 37.9 Å². The number of amides is 2. The topological polar surface area (TPSA) is 103 Å². The van der Waals surface area contributed by atoms with Crippen LogP contribution in [0.3, 0.4) is 0 Å². The first-order valence-corrected chi connectivity index (χ1v) is 13.6. The summed E-state index contributed by atoms with van der Waals surface area (Å²) in [6.07, 6.45) is 2.70. The summed E-state index contributed by atoms with van der Waals surface area (Å²) in [7, 11) is 3.54. The molecule has 0 saturated heterocycles. The molecule has 1 aliphatic rings. The maximum atomic E-state index is 13.4. The van der Waals surface area contributed by atoms with Gasteiger partial charge in [0.2, 0.25) is 5.78 Å². The molecule has 41 heavy (non-hydrogen) atoms. The van der Waals surface area contributed by atoms with Crippen molar-refractivity contribution < 1.29 is 23.8 Å². The number of allylic oxidation sites excluding steroid dienone is 1. The first kappa shape index (κ1) is 27.8. The summed E-state index contributed by atoms with van der Waals surface area (Å²) < 4.78 is 19.3. The van der Waals surface area contributed by atoms with Crippen molar-refractivity contribution in [3.05, 3.63) is 83.2 Å². The number of ether oxygens (including phenoxy) is 3. The smallest absolute Gasteiger partial charge is 0.323 e. The third-order valence-electron chi connectivity index (χ3n) is 7.05. The number of hydrogen-bond acceptors (Lipinski definition) is 6. The molecule has 0 aliphatic carbocycles. The number of aromatic nitrogens is 1. The van der Waals surface area contributed by atoms with E-state index in [9.17, 15) is 9.59 Å². The maximum Gasteiger partial charge on any atom is 0.323 e. The summed E-state index contributed by atoms with van der Waals surface area (Å²) in [6.45, 7) is 6.41. The van der Waals surface area contributed by atoms with E-state index in [0.717, 1.165) is 53.2 Å². The van der Waals surface area contributed by atoms with Crippen LogP contribution in [0.1, 0.15) is 35.0 Å². The van der Waals surface area contributed by atoms with Crippen LogP contribution < -0.4 is 30.2 Å². The summed E-state index contributed by atoms with van der Waals surface area (Å²) in [5.74, 6) is 1.92. The number of nitrogens with one attached hydrogen (secondary N) is 3. The molecule has 0 spiro atoms. The van der Waals surface area contributed by atoms with Crippen molar-refractivity contribution in [3.8, 4) is 17.2 Å². The van der Waals surface area contributed by atoms with Gasteiger partial charge in [0, 0.05) is 40.1 Å². The number of Topliss-reactive ketones (excluding diaryl/α,β-unsaturated/α-hetero) is 1. The largest absolute Gasteiger partial charge is 0.497 e. The predicted octanol–water partition coefficient (Wildman–Crippen LogP) is 6.23. The molecule has 9 heteroatoms. The van der Waals surface area contributed by atoms with E-state index in [1.807, 2.05) is 44.3 Å². The minimum atomic E-state index is -0.424. The number of carbonyl (C=O) groups is 2. The van der Waals surface area contributed by atoms with Crippen LogP contribution >= 0.6 is 0 Å². The van der Waals surface area contributed by atoms with E-state index in [-0.39, 0.29) is 11.5 Å². The monoisotopic (exact) mass is 554 g/mol. The zero-order chi connectivity index (χ0) is 28.9. The number of anilines is 2. The molecule has 1 aromatic heterocycles. The average molecular weight is 555 g/mol. The van der Waals surface area contributed by atoms with Gasteiger partial charge in [0.05, 0.1) is 19.3 Å². The Hall–Kier alpha value is -4.76. The molecule has 0 radical (unpaired) electrons. The van der Waals surface area contributed by atoms with Gasteiger partial charge >= 0.3 is 6.03 Å². The highest BCUT2D eigenvalue weighted by molar-refractivity contribution is 6.16. The Labute approximate surface area is 239 Å². The van der Waals surface area contributed by atoms with Gasteiger partial charge in [-0.2, -0.15) is 0 Å². The molecule has 0 fully saturated rings. The number of fused-ring (bicyclic) bond motifs is 2. The number of urea groups is 1. The molecule has 4 aromatic rings. The van der Waals surface area contributed by atoms with Crippen LogP contribution in [0.15, 0.2) is 66.4 Å². The molecule has 3 aromatic carbocycles. The minimum absolute atomic E-state index is 0.232. The van der Waals surface area contributed by atoms with Crippen LogP contribution in [0.25, 0.3) is 17.0 Å². The fourth-order valence-electron chi connectivity index (χ4n) is 4.97. The fourth-order valence-corrected chi connectivity index (χ4v) is 4.97. The number of aryl methyl sites for hydroxylation is 1. The molecule has 0 bridgehead atoms. The highest BCUT2D eigenvalue weighted by atomic mass is 16.5. The first-order valence-electron chi connectivity index (χ1n) is 13.6. The Kier molecular flexibility index (Phi) is 8.26. The Morgan fingerprint density at radius 2 is 1.73 bits per heavy atom. The standard InChI is InChI=1S/C32H34N4O5/c1-5-36-20(2)25(26-18-24(39-4)12-13-28(26)36)19-30-31(37)27-17-22(9-14-29(27)41-30)35-32(38)34-21-7-10-23(11-8-21)40-16-6-15-33-3/h7-14,17-19,33H,5-6,15-16H2,1-4H3,(H2,34,35,38)/b30-19-. The molecule has 5 rings (SSSR count). The highest BCUT2D eigenvalue weighted by Gasteiger charge is 2.29. The van der Waals surface area contributed by atoms with Gasteiger partial charge in [-0.05, 0) is 101 Å². The molecule has 3 N–H and O–H groups in total. The van der Waals surface area contributed by atoms with Crippen molar-refractivity contribution in [1.29, 1.82) is 0 Å². The quantitative estimate of drug-likeness (QED) is 0.159. The van der Waals surface area contributed by atoms with Gasteiger partial charge in [0.1, 0.15) is 17.2 Å². The van der Waals surface area contributed by atoms with Crippen molar-refractivity contribution in [2.24, 2.45) is 0 Å². The van der Waals surface area contributed by atoms with Crippen molar-refractivity contribution >= 4 is 40.2 Å². The van der Waals surface area contributed by atoms with E-state index in [1.54, 1.807) is 43.5 Å². The van der Waals surface area contributed by atoms with Crippen molar-refractivity contribution in [3.63, 3.8) is 0 Å². The molecule has 2 amide bonds. The zero-order valence-electron chi connectivity index (χ0n) is 23.7. The lowest BCUT2D eigenvalue weighted by molar-refractivity contribution is 0.101. The summed E-state index contributed by atoms with van der Waals surface area (Å²) in [4.78, 5) is 26.0. The lowest BCUT2D eigenvalue weighted by Crippen LogP contribution is -2.19. The number of carbonyl (C=O) groups excluding carboxylic acids is 2. The number of hydrogen-bond donors (Lipinski definition) is 3. The molecule has 0 atom stereocenters. The van der Waals surface area contributed by atoms with Gasteiger partial charge in [-0.25, -0.2) is 4.79 Å². The lowest BCUT2D eigenvalue weighted by Gasteiger charge is -2.10. The molecule has 2 heterocycles. The molecular formula is C32H34N4O5. The van der Waals surface area contributed by atoms with Gasteiger partial charge in [0.25, 0.3) is 0 Å². The highest BCUT2D eigenvalue weighted by Crippen LogP contribution is 2.36. The van der Waals surface area contributed by atoms with Gasteiger partial charge in [0.15, 0.2) is 5.76 Å². The first-order chi connectivity index (χ1) is 19.9.